The van der Waals surface area contributed by atoms with Crippen molar-refractivity contribution in [3.8, 4) is 5.75 Å². The van der Waals surface area contributed by atoms with Crippen molar-refractivity contribution in [2.75, 3.05) is 6.61 Å². The van der Waals surface area contributed by atoms with Gasteiger partial charge in [0.05, 0.1) is 6.04 Å². The quantitative estimate of drug-likeness (QED) is 0.912. The lowest BCUT2D eigenvalue weighted by Crippen LogP contribution is -2.34. The second kappa shape index (κ2) is 7.05. The van der Waals surface area contributed by atoms with Gasteiger partial charge < -0.3 is 10.1 Å². The molecule has 4 heteroatoms. The number of hydrogen-bond acceptors (Lipinski definition) is 2. The third-order valence-electron chi connectivity index (χ3n) is 4.20. The summed E-state index contributed by atoms with van der Waals surface area (Å²) >= 11 is 5.99. The van der Waals surface area contributed by atoms with Crippen LogP contribution in [0.15, 0.2) is 42.5 Å². The average Bonchev–Trinajstić information content (AvgIpc) is 2.56. The van der Waals surface area contributed by atoms with Crippen LogP contribution in [0.25, 0.3) is 0 Å². The Morgan fingerprint density at radius 2 is 2.13 bits per heavy atom. The van der Waals surface area contributed by atoms with Crippen molar-refractivity contribution >= 4 is 17.5 Å². The van der Waals surface area contributed by atoms with Gasteiger partial charge in [-0.3, -0.25) is 4.79 Å². The van der Waals surface area contributed by atoms with Crippen LogP contribution < -0.4 is 10.1 Å². The maximum Gasteiger partial charge on any atom is 0.258 e. The van der Waals surface area contributed by atoms with Crippen molar-refractivity contribution in [1.29, 1.82) is 0 Å². The Morgan fingerprint density at radius 1 is 1.30 bits per heavy atom. The Labute approximate surface area is 141 Å². The van der Waals surface area contributed by atoms with Gasteiger partial charge in [0, 0.05) is 5.02 Å². The zero-order valence-corrected chi connectivity index (χ0v) is 13.9. The molecule has 0 unspecified atom stereocenters. The number of nitrogens with one attached hydrogen (secondary N) is 1. The predicted octanol–water partition coefficient (Wildman–Crippen LogP) is 4.22. The fraction of sp³-hybridized carbons (Fsp3) is 0.316. The molecular weight excluding hydrogens is 310 g/mol. The SMILES string of the molecule is Cc1cc(OCC(=O)N[C@@H]2CCCc3ccccc32)ccc1Cl. The molecule has 0 fully saturated rings. The van der Waals surface area contributed by atoms with E-state index in [9.17, 15) is 4.79 Å². The molecule has 0 radical (unpaired) electrons. The predicted molar refractivity (Wildman–Crippen MR) is 91.9 cm³/mol. The lowest BCUT2D eigenvalue weighted by molar-refractivity contribution is -0.123. The average molecular weight is 330 g/mol. The van der Waals surface area contributed by atoms with E-state index in [1.807, 2.05) is 19.1 Å². The van der Waals surface area contributed by atoms with E-state index in [1.165, 1.54) is 11.1 Å². The molecule has 3 nitrogen and oxygen atoms in total. The Kier molecular flexibility index (Phi) is 4.87. The van der Waals surface area contributed by atoms with Gasteiger partial charge >= 0.3 is 0 Å². The van der Waals surface area contributed by atoms with Gasteiger partial charge in [0.2, 0.25) is 0 Å². The molecule has 1 aliphatic carbocycles. The fourth-order valence-corrected chi connectivity index (χ4v) is 3.11. The molecule has 1 N–H and O–H groups in total. The summed E-state index contributed by atoms with van der Waals surface area (Å²) < 4.78 is 5.56. The fourth-order valence-electron chi connectivity index (χ4n) is 3.00. The number of rotatable bonds is 4. The molecule has 23 heavy (non-hydrogen) atoms. The van der Waals surface area contributed by atoms with Gasteiger partial charge in [0.25, 0.3) is 5.91 Å². The Balaban J connectivity index is 1.59. The molecule has 0 aromatic heterocycles. The van der Waals surface area contributed by atoms with Gasteiger partial charge in [-0.2, -0.15) is 0 Å². The lowest BCUT2D eigenvalue weighted by atomic mass is 9.88. The number of ether oxygens (including phenoxy) is 1. The van der Waals surface area contributed by atoms with Crippen molar-refractivity contribution in [3.05, 3.63) is 64.2 Å². The first kappa shape index (κ1) is 15.9. The number of benzene rings is 2. The molecule has 0 heterocycles. The van der Waals surface area contributed by atoms with Crippen molar-refractivity contribution in [3.63, 3.8) is 0 Å². The molecule has 1 atom stereocenters. The number of carbonyl (C=O) groups is 1. The summed E-state index contributed by atoms with van der Waals surface area (Å²) in [6.45, 7) is 1.92. The van der Waals surface area contributed by atoms with E-state index < -0.39 is 0 Å². The summed E-state index contributed by atoms with van der Waals surface area (Å²) in [5, 5.41) is 3.78. The molecule has 2 aromatic carbocycles. The van der Waals surface area contributed by atoms with Crippen molar-refractivity contribution in [2.45, 2.75) is 32.2 Å². The van der Waals surface area contributed by atoms with Crippen LogP contribution >= 0.6 is 11.6 Å². The first-order valence-electron chi connectivity index (χ1n) is 7.89. The molecule has 120 valence electrons. The summed E-state index contributed by atoms with van der Waals surface area (Å²) in [4.78, 5) is 12.2. The van der Waals surface area contributed by atoms with Crippen molar-refractivity contribution in [1.82, 2.24) is 5.32 Å². The highest BCUT2D eigenvalue weighted by Gasteiger charge is 2.21. The third kappa shape index (κ3) is 3.85. The maximum absolute atomic E-state index is 12.2. The standard InChI is InChI=1S/C19H20ClNO2/c1-13-11-15(9-10-17(13)20)23-12-19(22)21-18-8-4-6-14-5-2-3-7-16(14)18/h2-3,5,7,9-11,18H,4,6,8,12H2,1H3,(H,21,22)/t18-/m1/s1. The minimum absolute atomic E-state index is 0.0136. The molecule has 0 aliphatic heterocycles. The molecule has 0 spiro atoms. The summed E-state index contributed by atoms with van der Waals surface area (Å²) in [5.41, 5.74) is 3.50. The van der Waals surface area contributed by atoms with Crippen LogP contribution in [-0.4, -0.2) is 12.5 Å². The van der Waals surface area contributed by atoms with E-state index in [4.69, 9.17) is 16.3 Å². The second-order valence-electron chi connectivity index (χ2n) is 5.91. The molecule has 3 rings (SSSR count). The van der Waals surface area contributed by atoms with Crippen LogP contribution in [0, 0.1) is 6.92 Å². The van der Waals surface area contributed by atoms with E-state index in [0.717, 1.165) is 24.8 Å². The van der Waals surface area contributed by atoms with E-state index in [1.54, 1.807) is 12.1 Å². The van der Waals surface area contributed by atoms with Crippen molar-refractivity contribution < 1.29 is 9.53 Å². The third-order valence-corrected chi connectivity index (χ3v) is 4.63. The van der Waals surface area contributed by atoms with Crippen LogP contribution in [-0.2, 0) is 11.2 Å². The number of carbonyl (C=O) groups excluding carboxylic acids is 1. The smallest absolute Gasteiger partial charge is 0.258 e. The van der Waals surface area contributed by atoms with Gasteiger partial charge in [0.1, 0.15) is 5.75 Å². The molecule has 0 saturated heterocycles. The molecule has 0 bridgehead atoms. The summed E-state index contributed by atoms with van der Waals surface area (Å²) in [5.74, 6) is 0.561. The zero-order valence-electron chi connectivity index (χ0n) is 13.1. The normalized spacial score (nSPS) is 16.5. The van der Waals surface area contributed by atoms with Gasteiger partial charge in [-0.15, -0.1) is 0 Å². The van der Waals surface area contributed by atoms with Gasteiger partial charge in [-0.1, -0.05) is 35.9 Å². The highest BCUT2D eigenvalue weighted by atomic mass is 35.5. The highest BCUT2D eigenvalue weighted by molar-refractivity contribution is 6.31. The molecule has 0 saturated carbocycles. The van der Waals surface area contributed by atoms with Crippen LogP contribution in [0.1, 0.15) is 35.6 Å². The van der Waals surface area contributed by atoms with Crippen LogP contribution in [0.4, 0.5) is 0 Å². The van der Waals surface area contributed by atoms with Gasteiger partial charge in [0.15, 0.2) is 6.61 Å². The molecule has 2 aromatic rings. The first-order valence-corrected chi connectivity index (χ1v) is 8.27. The Hall–Kier alpha value is -2.00. The second-order valence-corrected chi connectivity index (χ2v) is 6.32. The number of amides is 1. The summed E-state index contributed by atoms with van der Waals surface area (Å²) in [7, 11) is 0. The number of halogens is 1. The van der Waals surface area contributed by atoms with E-state index in [2.05, 4.69) is 23.5 Å². The van der Waals surface area contributed by atoms with Crippen LogP contribution in [0.2, 0.25) is 5.02 Å². The molecule has 1 aliphatic rings. The summed E-state index contributed by atoms with van der Waals surface area (Å²) in [6, 6.07) is 13.8. The zero-order chi connectivity index (χ0) is 16.2. The van der Waals surface area contributed by atoms with E-state index >= 15 is 0 Å². The minimum Gasteiger partial charge on any atom is -0.484 e. The van der Waals surface area contributed by atoms with Crippen LogP contribution in [0.3, 0.4) is 0 Å². The number of fused-ring (bicyclic) bond motifs is 1. The topological polar surface area (TPSA) is 38.3 Å². The van der Waals surface area contributed by atoms with Crippen LogP contribution in [0.5, 0.6) is 5.75 Å². The molecular formula is C19H20ClNO2. The van der Waals surface area contributed by atoms with Crippen molar-refractivity contribution in [2.24, 2.45) is 0 Å². The first-order chi connectivity index (χ1) is 11.1. The van der Waals surface area contributed by atoms with Gasteiger partial charge in [-0.25, -0.2) is 0 Å². The Morgan fingerprint density at radius 3 is 2.96 bits per heavy atom. The van der Waals surface area contributed by atoms with Gasteiger partial charge in [-0.05, 0) is 61.1 Å². The lowest BCUT2D eigenvalue weighted by Gasteiger charge is -2.26. The monoisotopic (exact) mass is 329 g/mol. The Bertz CT molecular complexity index is 714. The largest absolute Gasteiger partial charge is 0.484 e. The number of aryl methyl sites for hydroxylation is 2. The summed E-state index contributed by atoms with van der Waals surface area (Å²) in [6.07, 6.45) is 3.16. The maximum atomic E-state index is 12.2. The number of hydrogen-bond donors (Lipinski definition) is 1. The van der Waals surface area contributed by atoms with E-state index in [0.29, 0.717) is 10.8 Å². The minimum atomic E-state index is -0.0979. The molecule has 1 amide bonds. The highest BCUT2D eigenvalue weighted by Crippen LogP contribution is 2.29. The van der Waals surface area contributed by atoms with E-state index in [-0.39, 0.29) is 18.6 Å².